The second-order valence-electron chi connectivity index (χ2n) is 3.61. The number of carbonyl (C=O) groups is 2. The fraction of sp³-hybridized carbons (Fsp3) is 0.0769. The lowest BCUT2D eigenvalue weighted by atomic mass is 10.1. The van der Waals surface area contributed by atoms with Gasteiger partial charge in [0.15, 0.2) is 17.4 Å². The molecule has 4 nitrogen and oxygen atoms in total. The van der Waals surface area contributed by atoms with Gasteiger partial charge < -0.3 is 9.15 Å². The van der Waals surface area contributed by atoms with Gasteiger partial charge in [0.25, 0.3) is 0 Å². The molecule has 0 fully saturated rings. The molecule has 1 aromatic carbocycles. The molecule has 2 aromatic rings. The fourth-order valence-electron chi connectivity index (χ4n) is 1.45. The molecule has 0 aliphatic carbocycles. The molecule has 19 heavy (non-hydrogen) atoms. The highest BCUT2D eigenvalue weighted by Crippen LogP contribution is 2.16. The molecule has 0 atom stereocenters. The summed E-state index contributed by atoms with van der Waals surface area (Å²) in [4.78, 5) is 23.0. The van der Waals surface area contributed by atoms with E-state index >= 15 is 0 Å². The molecule has 0 amide bonds. The minimum atomic E-state index is -1.13. The molecule has 0 aliphatic heterocycles. The SMILES string of the molecule is COC(=O)c1ccc(C(=O)c2ccc(F)c(F)c2)o1. The molecule has 0 bridgehead atoms. The van der Waals surface area contributed by atoms with E-state index in [2.05, 4.69) is 4.74 Å². The molecule has 0 radical (unpaired) electrons. The van der Waals surface area contributed by atoms with Gasteiger partial charge in [-0.05, 0) is 30.3 Å². The lowest BCUT2D eigenvalue weighted by molar-refractivity contribution is 0.0563. The summed E-state index contributed by atoms with van der Waals surface area (Å²) in [5.41, 5.74) is -0.0790. The smallest absolute Gasteiger partial charge is 0.373 e. The number of esters is 1. The van der Waals surface area contributed by atoms with Crippen LogP contribution in [0.2, 0.25) is 0 Å². The van der Waals surface area contributed by atoms with Crippen LogP contribution in [-0.4, -0.2) is 18.9 Å². The number of furan rings is 1. The summed E-state index contributed by atoms with van der Waals surface area (Å²) in [6.07, 6.45) is 0. The Bertz CT molecular complexity index is 646. The highest BCUT2D eigenvalue weighted by molar-refractivity contribution is 6.07. The van der Waals surface area contributed by atoms with Crippen LogP contribution in [0.15, 0.2) is 34.7 Å². The number of carbonyl (C=O) groups excluding carboxylic acids is 2. The number of methoxy groups -OCH3 is 1. The molecular formula is C13H8F2O4. The minimum Gasteiger partial charge on any atom is -0.463 e. The number of ketones is 1. The van der Waals surface area contributed by atoms with Crippen molar-refractivity contribution in [1.82, 2.24) is 0 Å². The Morgan fingerprint density at radius 1 is 1.05 bits per heavy atom. The normalized spacial score (nSPS) is 10.3. The third-order valence-corrected chi connectivity index (χ3v) is 2.40. The molecule has 0 unspecified atom stereocenters. The van der Waals surface area contributed by atoms with Crippen LogP contribution in [0.25, 0.3) is 0 Å². The Morgan fingerprint density at radius 2 is 1.74 bits per heavy atom. The van der Waals surface area contributed by atoms with Crippen LogP contribution in [0.3, 0.4) is 0 Å². The van der Waals surface area contributed by atoms with Crippen LogP contribution >= 0.6 is 0 Å². The number of hydrogen-bond acceptors (Lipinski definition) is 4. The minimum absolute atomic E-state index is 0.0790. The molecule has 1 aromatic heterocycles. The van der Waals surface area contributed by atoms with E-state index in [1.54, 1.807) is 0 Å². The molecule has 1 heterocycles. The van der Waals surface area contributed by atoms with Crippen LogP contribution in [0.5, 0.6) is 0 Å². The molecule has 0 saturated carbocycles. The first-order valence-corrected chi connectivity index (χ1v) is 5.21. The first-order chi connectivity index (χ1) is 9.02. The van der Waals surface area contributed by atoms with Gasteiger partial charge in [-0.1, -0.05) is 0 Å². The summed E-state index contributed by atoms with van der Waals surface area (Å²) in [5, 5.41) is 0. The summed E-state index contributed by atoms with van der Waals surface area (Å²) in [6.45, 7) is 0. The van der Waals surface area contributed by atoms with E-state index in [4.69, 9.17) is 4.42 Å². The Balaban J connectivity index is 2.31. The largest absolute Gasteiger partial charge is 0.463 e. The zero-order valence-electron chi connectivity index (χ0n) is 9.78. The number of halogens is 2. The Labute approximate surface area is 106 Å². The zero-order valence-corrected chi connectivity index (χ0v) is 9.78. The molecule has 0 saturated heterocycles. The van der Waals surface area contributed by atoms with E-state index in [1.807, 2.05) is 0 Å². The second-order valence-corrected chi connectivity index (χ2v) is 3.61. The summed E-state index contributed by atoms with van der Waals surface area (Å²) < 4.78 is 35.2. The van der Waals surface area contributed by atoms with E-state index in [-0.39, 0.29) is 17.1 Å². The number of rotatable bonds is 3. The van der Waals surface area contributed by atoms with Gasteiger partial charge in [0.2, 0.25) is 11.5 Å². The third-order valence-electron chi connectivity index (χ3n) is 2.40. The van der Waals surface area contributed by atoms with Gasteiger partial charge in [-0.15, -0.1) is 0 Å². The number of hydrogen-bond donors (Lipinski definition) is 0. The molecule has 2 rings (SSSR count). The van der Waals surface area contributed by atoms with Gasteiger partial charge in [0, 0.05) is 5.56 Å². The first-order valence-electron chi connectivity index (χ1n) is 5.21. The van der Waals surface area contributed by atoms with Gasteiger partial charge in [0.1, 0.15) is 0 Å². The predicted octanol–water partition coefficient (Wildman–Crippen LogP) is 2.58. The van der Waals surface area contributed by atoms with Crippen LogP contribution in [0.4, 0.5) is 8.78 Å². The second kappa shape index (κ2) is 5.01. The van der Waals surface area contributed by atoms with Crippen LogP contribution in [-0.2, 0) is 4.74 Å². The quantitative estimate of drug-likeness (QED) is 0.633. The molecule has 98 valence electrons. The van der Waals surface area contributed by atoms with Gasteiger partial charge in [-0.3, -0.25) is 4.79 Å². The van der Waals surface area contributed by atoms with E-state index in [9.17, 15) is 18.4 Å². The van der Waals surface area contributed by atoms with E-state index in [0.29, 0.717) is 0 Å². The summed E-state index contributed by atoms with van der Waals surface area (Å²) >= 11 is 0. The zero-order chi connectivity index (χ0) is 14.0. The molecular weight excluding hydrogens is 258 g/mol. The van der Waals surface area contributed by atoms with Crippen molar-refractivity contribution in [3.63, 3.8) is 0 Å². The van der Waals surface area contributed by atoms with Gasteiger partial charge in [0.05, 0.1) is 7.11 Å². The van der Waals surface area contributed by atoms with E-state index in [0.717, 1.165) is 18.2 Å². The summed E-state index contributed by atoms with van der Waals surface area (Å²) in [7, 11) is 1.17. The van der Waals surface area contributed by atoms with Crippen LogP contribution < -0.4 is 0 Å². The van der Waals surface area contributed by atoms with Crippen molar-refractivity contribution in [1.29, 1.82) is 0 Å². The Kier molecular flexibility index (Phi) is 3.41. The Morgan fingerprint density at radius 3 is 2.37 bits per heavy atom. The summed E-state index contributed by atoms with van der Waals surface area (Å²) in [6, 6.07) is 5.25. The van der Waals surface area contributed by atoms with Crippen molar-refractivity contribution >= 4 is 11.8 Å². The average Bonchev–Trinajstić information content (AvgIpc) is 2.89. The first kappa shape index (κ1) is 12.9. The van der Waals surface area contributed by atoms with Crippen LogP contribution in [0.1, 0.15) is 26.7 Å². The topological polar surface area (TPSA) is 56.5 Å². The summed E-state index contributed by atoms with van der Waals surface area (Å²) in [5.74, 6) is -3.88. The van der Waals surface area contributed by atoms with Crippen molar-refractivity contribution in [3.8, 4) is 0 Å². The van der Waals surface area contributed by atoms with Gasteiger partial charge in [-0.25, -0.2) is 13.6 Å². The maximum atomic E-state index is 13.0. The van der Waals surface area contributed by atoms with Crippen molar-refractivity contribution < 1.29 is 27.5 Å². The van der Waals surface area contributed by atoms with Crippen molar-refractivity contribution in [2.24, 2.45) is 0 Å². The maximum absolute atomic E-state index is 13.0. The molecule has 0 spiro atoms. The maximum Gasteiger partial charge on any atom is 0.373 e. The predicted molar refractivity (Wildman–Crippen MR) is 59.8 cm³/mol. The number of benzene rings is 1. The van der Waals surface area contributed by atoms with Crippen molar-refractivity contribution in [2.45, 2.75) is 0 Å². The van der Waals surface area contributed by atoms with Crippen molar-refractivity contribution in [3.05, 3.63) is 59.1 Å². The lowest BCUT2D eigenvalue weighted by Crippen LogP contribution is -2.02. The Hall–Kier alpha value is -2.50. The van der Waals surface area contributed by atoms with Gasteiger partial charge >= 0.3 is 5.97 Å². The van der Waals surface area contributed by atoms with Crippen LogP contribution in [0, 0.1) is 11.6 Å². The van der Waals surface area contributed by atoms with Crippen molar-refractivity contribution in [2.75, 3.05) is 7.11 Å². The highest BCUT2D eigenvalue weighted by atomic mass is 19.2. The molecule has 0 aliphatic rings. The fourth-order valence-corrected chi connectivity index (χ4v) is 1.45. The third kappa shape index (κ3) is 2.52. The molecule has 6 heteroatoms. The van der Waals surface area contributed by atoms with Gasteiger partial charge in [-0.2, -0.15) is 0 Å². The van der Waals surface area contributed by atoms with E-state index in [1.165, 1.54) is 19.2 Å². The number of ether oxygens (including phenoxy) is 1. The lowest BCUT2D eigenvalue weighted by Gasteiger charge is -1.99. The average molecular weight is 266 g/mol. The highest BCUT2D eigenvalue weighted by Gasteiger charge is 2.18. The monoisotopic (exact) mass is 266 g/mol. The molecule has 0 N–H and O–H groups in total. The standard InChI is InChI=1S/C13H8F2O4/c1-18-13(17)11-5-4-10(19-11)12(16)7-2-3-8(14)9(15)6-7/h2-6H,1H3. The van der Waals surface area contributed by atoms with E-state index < -0.39 is 23.4 Å².